The Balaban J connectivity index is 1.68. The van der Waals surface area contributed by atoms with Crippen LogP contribution in [0.1, 0.15) is 16.7 Å². The Morgan fingerprint density at radius 3 is 2.45 bits per heavy atom. The fourth-order valence-corrected chi connectivity index (χ4v) is 4.48. The van der Waals surface area contributed by atoms with Gasteiger partial charge in [-0.05, 0) is 34.9 Å². The van der Waals surface area contributed by atoms with Crippen molar-refractivity contribution in [3.05, 3.63) is 88.6 Å². The number of aliphatic hydroxyl groups excluding tert-OH is 1. The first-order valence-electron chi connectivity index (χ1n) is 9.99. The monoisotopic (exact) mass is 484 g/mol. The second-order valence-corrected chi connectivity index (χ2v) is 9.48. The van der Waals surface area contributed by atoms with E-state index in [2.05, 4.69) is 10.4 Å². The van der Waals surface area contributed by atoms with Gasteiger partial charge in [-0.15, -0.1) is 0 Å². The van der Waals surface area contributed by atoms with Crippen LogP contribution in [0.4, 0.5) is 5.69 Å². The molecule has 0 fully saturated rings. The van der Waals surface area contributed by atoms with Crippen LogP contribution in [-0.4, -0.2) is 29.2 Å². The van der Waals surface area contributed by atoms with Crippen molar-refractivity contribution in [2.75, 3.05) is 5.32 Å². The number of nitrogens with zero attached hydrogens (tertiary/aromatic N) is 2. The van der Waals surface area contributed by atoms with Gasteiger partial charge in [0, 0.05) is 16.1 Å². The Labute approximate surface area is 195 Å². The van der Waals surface area contributed by atoms with E-state index in [1.807, 2.05) is 12.1 Å². The molecule has 0 spiro atoms. The predicted octanol–water partition coefficient (Wildman–Crippen LogP) is 3.06. The van der Waals surface area contributed by atoms with Gasteiger partial charge in [-0.2, -0.15) is 5.10 Å². The molecule has 4 aromatic rings. The molecule has 0 unspecified atom stereocenters. The van der Waals surface area contributed by atoms with Gasteiger partial charge >= 0.3 is 0 Å². The molecule has 0 saturated carbocycles. The van der Waals surface area contributed by atoms with Crippen LogP contribution in [0.25, 0.3) is 10.9 Å². The minimum Gasteiger partial charge on any atom is -0.392 e. The number of aromatic nitrogens is 2. The molecule has 1 amide bonds. The zero-order valence-electron chi connectivity index (χ0n) is 17.4. The van der Waals surface area contributed by atoms with Gasteiger partial charge in [0.05, 0.1) is 36.2 Å². The second kappa shape index (κ2) is 9.32. The zero-order valence-corrected chi connectivity index (χ0v) is 19.0. The summed E-state index contributed by atoms with van der Waals surface area (Å²) in [4.78, 5) is 12.5. The van der Waals surface area contributed by atoms with Crippen LogP contribution >= 0.6 is 11.6 Å². The Bertz CT molecular complexity index is 1430. The first-order chi connectivity index (χ1) is 15.7. The first-order valence-corrected chi connectivity index (χ1v) is 11.9. The lowest BCUT2D eigenvalue weighted by molar-refractivity contribution is -0.115. The van der Waals surface area contributed by atoms with Gasteiger partial charge < -0.3 is 10.4 Å². The molecule has 0 radical (unpaired) electrons. The van der Waals surface area contributed by atoms with Crippen LogP contribution in [0.15, 0.2) is 71.8 Å². The average molecular weight is 485 g/mol. The molecule has 4 N–H and O–H groups in total. The number of fused-ring (bicyclic) bond motifs is 1. The maximum absolute atomic E-state index is 12.6. The number of nitrogens with one attached hydrogen (secondary N) is 1. The van der Waals surface area contributed by atoms with Crippen molar-refractivity contribution >= 4 is 44.1 Å². The van der Waals surface area contributed by atoms with Gasteiger partial charge in [-0.25, -0.2) is 13.6 Å². The Morgan fingerprint density at radius 1 is 1.09 bits per heavy atom. The number of hydrogen-bond acceptors (Lipinski definition) is 5. The van der Waals surface area contributed by atoms with Crippen molar-refractivity contribution in [2.45, 2.75) is 24.5 Å². The molecule has 0 aliphatic carbocycles. The number of rotatable bonds is 7. The Hall–Kier alpha value is -3.24. The summed E-state index contributed by atoms with van der Waals surface area (Å²) in [6.45, 7) is 0.302. The molecule has 33 heavy (non-hydrogen) atoms. The third kappa shape index (κ3) is 5.23. The maximum Gasteiger partial charge on any atom is 0.238 e. The highest BCUT2D eigenvalue weighted by Crippen LogP contribution is 2.28. The normalized spacial score (nSPS) is 11.6. The fraction of sp³-hybridized carbons (Fsp3) is 0.130. The predicted molar refractivity (Wildman–Crippen MR) is 126 cm³/mol. The third-order valence-corrected chi connectivity index (χ3v) is 6.48. The van der Waals surface area contributed by atoms with Crippen molar-refractivity contribution in [3.63, 3.8) is 0 Å². The van der Waals surface area contributed by atoms with Crippen molar-refractivity contribution in [1.29, 1.82) is 0 Å². The van der Waals surface area contributed by atoms with E-state index >= 15 is 0 Å². The van der Waals surface area contributed by atoms with E-state index in [0.29, 0.717) is 28.0 Å². The van der Waals surface area contributed by atoms with Crippen LogP contribution in [0.3, 0.4) is 0 Å². The molecule has 0 atom stereocenters. The van der Waals surface area contributed by atoms with Crippen LogP contribution in [0.2, 0.25) is 5.02 Å². The number of benzene rings is 3. The molecular formula is C23H21ClN4O4S. The van der Waals surface area contributed by atoms with E-state index in [1.165, 1.54) is 12.3 Å². The van der Waals surface area contributed by atoms with Crippen molar-refractivity contribution in [2.24, 2.45) is 5.14 Å². The van der Waals surface area contributed by atoms with Gasteiger partial charge in [0.2, 0.25) is 15.9 Å². The molecule has 0 aliphatic rings. The molecule has 170 valence electrons. The SMILES string of the molecule is NS(=O)(=O)c1cc(NC(=O)Cc2ccccc2Cl)cc2c1cnn2Cc1ccc(CO)cc1. The molecule has 3 aromatic carbocycles. The summed E-state index contributed by atoms with van der Waals surface area (Å²) < 4.78 is 26.1. The lowest BCUT2D eigenvalue weighted by Crippen LogP contribution is -2.17. The van der Waals surface area contributed by atoms with Gasteiger partial charge in [-0.1, -0.05) is 54.1 Å². The number of sulfonamides is 1. The number of carbonyl (C=O) groups excluding carboxylic acids is 1. The zero-order chi connectivity index (χ0) is 23.6. The minimum absolute atomic E-state index is 0.0267. The van der Waals surface area contributed by atoms with E-state index in [-0.39, 0.29) is 29.5 Å². The van der Waals surface area contributed by atoms with E-state index in [9.17, 15) is 18.3 Å². The summed E-state index contributed by atoms with van der Waals surface area (Å²) in [6, 6.07) is 17.3. The van der Waals surface area contributed by atoms with Gasteiger partial charge in [0.25, 0.3) is 0 Å². The molecule has 0 saturated heterocycles. The van der Waals surface area contributed by atoms with Crippen molar-refractivity contribution in [3.8, 4) is 0 Å². The minimum atomic E-state index is -4.08. The fourth-order valence-electron chi connectivity index (χ4n) is 3.52. The molecule has 0 bridgehead atoms. The Kier molecular flexibility index (Phi) is 6.48. The molecule has 8 nitrogen and oxygen atoms in total. The average Bonchev–Trinajstić information content (AvgIpc) is 3.17. The molecule has 1 heterocycles. The number of hydrogen-bond donors (Lipinski definition) is 3. The third-order valence-electron chi connectivity index (χ3n) is 5.16. The largest absolute Gasteiger partial charge is 0.392 e. The van der Waals surface area contributed by atoms with E-state index in [0.717, 1.165) is 11.1 Å². The molecule has 0 aliphatic heterocycles. The summed E-state index contributed by atoms with van der Waals surface area (Å²) in [6.07, 6.45) is 1.46. The first kappa shape index (κ1) is 22.9. The van der Waals surface area contributed by atoms with Crippen molar-refractivity contribution < 1.29 is 18.3 Å². The lowest BCUT2D eigenvalue weighted by Gasteiger charge is -2.11. The number of halogens is 1. The lowest BCUT2D eigenvalue weighted by atomic mass is 10.1. The van der Waals surface area contributed by atoms with Gasteiger partial charge in [0.15, 0.2) is 0 Å². The smallest absolute Gasteiger partial charge is 0.238 e. The highest BCUT2D eigenvalue weighted by Gasteiger charge is 2.19. The molecule has 10 heteroatoms. The highest BCUT2D eigenvalue weighted by molar-refractivity contribution is 7.89. The molecular weight excluding hydrogens is 464 g/mol. The van der Waals surface area contributed by atoms with Crippen LogP contribution in [0.5, 0.6) is 0 Å². The highest BCUT2D eigenvalue weighted by atomic mass is 35.5. The summed E-state index contributed by atoms with van der Waals surface area (Å²) in [7, 11) is -4.08. The number of nitrogens with two attached hydrogens (primary N) is 1. The Morgan fingerprint density at radius 2 is 1.79 bits per heavy atom. The summed E-state index contributed by atoms with van der Waals surface area (Å²) in [5.74, 6) is -0.353. The maximum atomic E-state index is 12.6. The van der Waals surface area contributed by atoms with E-state index in [4.69, 9.17) is 16.7 Å². The van der Waals surface area contributed by atoms with Crippen LogP contribution in [-0.2, 0) is 34.4 Å². The van der Waals surface area contributed by atoms with E-state index < -0.39 is 10.0 Å². The van der Waals surface area contributed by atoms with Crippen LogP contribution < -0.4 is 10.5 Å². The number of primary sulfonamides is 1. The van der Waals surface area contributed by atoms with Crippen molar-refractivity contribution in [1.82, 2.24) is 9.78 Å². The second-order valence-electron chi connectivity index (χ2n) is 7.55. The quantitative estimate of drug-likeness (QED) is 0.371. The summed E-state index contributed by atoms with van der Waals surface area (Å²) in [5, 5.41) is 22.5. The number of carbonyl (C=O) groups is 1. The number of amides is 1. The molecule has 4 rings (SSSR count). The van der Waals surface area contributed by atoms with E-state index in [1.54, 1.807) is 47.1 Å². The van der Waals surface area contributed by atoms with Gasteiger partial charge in [-0.3, -0.25) is 9.48 Å². The standard InChI is InChI=1S/C23H21ClN4O4S/c24-20-4-2-1-3-17(20)9-23(30)27-18-10-21-19(22(11-18)33(25,31)32)12-26-28(21)13-15-5-7-16(14-29)8-6-15/h1-8,10-12,29H,9,13-14H2,(H,27,30)(H2,25,31,32). The number of anilines is 1. The molecule has 1 aromatic heterocycles. The van der Waals surface area contributed by atoms with Gasteiger partial charge in [0.1, 0.15) is 0 Å². The summed E-state index contributed by atoms with van der Waals surface area (Å²) in [5.41, 5.74) is 3.12. The summed E-state index contributed by atoms with van der Waals surface area (Å²) >= 11 is 6.14. The number of aliphatic hydroxyl groups is 1. The topological polar surface area (TPSA) is 127 Å². The van der Waals surface area contributed by atoms with Crippen LogP contribution in [0, 0.1) is 0 Å².